The van der Waals surface area contributed by atoms with Gasteiger partial charge in [0.1, 0.15) is 17.5 Å². The van der Waals surface area contributed by atoms with Crippen LogP contribution in [-0.2, 0) is 11.3 Å². The zero-order chi connectivity index (χ0) is 24.2. The highest BCUT2D eigenvalue weighted by Gasteiger charge is 2.34. The minimum Gasteiger partial charge on any atom is -0.507 e. The first kappa shape index (κ1) is 24.1. The topological polar surface area (TPSA) is 65.0 Å². The van der Waals surface area contributed by atoms with Gasteiger partial charge >= 0.3 is 0 Å². The van der Waals surface area contributed by atoms with Crippen LogP contribution >= 0.6 is 0 Å². The van der Waals surface area contributed by atoms with E-state index in [1.165, 1.54) is 18.4 Å². The number of carbonyl (C=O) groups is 1. The molecule has 2 heterocycles. The number of anilines is 1. The Morgan fingerprint density at radius 1 is 1.18 bits per heavy atom. The number of nitrogens with zero attached hydrogens (tertiary/aromatic N) is 2. The maximum atomic E-state index is 13.0. The Kier molecular flexibility index (Phi) is 7.47. The van der Waals surface area contributed by atoms with E-state index in [4.69, 9.17) is 4.74 Å². The van der Waals surface area contributed by atoms with Crippen molar-refractivity contribution in [3.05, 3.63) is 59.2 Å². The van der Waals surface area contributed by atoms with E-state index in [2.05, 4.69) is 59.3 Å². The normalized spacial score (nSPS) is 18.4. The number of benzene rings is 2. The lowest BCUT2D eigenvalue weighted by molar-refractivity contribution is -0.121. The van der Waals surface area contributed by atoms with Crippen LogP contribution in [-0.4, -0.2) is 48.7 Å². The van der Waals surface area contributed by atoms with Gasteiger partial charge in [-0.15, -0.1) is 0 Å². The van der Waals surface area contributed by atoms with Crippen LogP contribution in [0.2, 0.25) is 0 Å². The second-order valence-electron chi connectivity index (χ2n) is 9.52. The van der Waals surface area contributed by atoms with E-state index in [-0.39, 0.29) is 23.6 Å². The highest BCUT2D eigenvalue weighted by molar-refractivity contribution is 5.96. The Morgan fingerprint density at radius 2 is 1.88 bits per heavy atom. The molecule has 2 aliphatic rings. The Balaban J connectivity index is 1.70. The SMILES string of the molecule is CCNC(=O)C1CC=C(c2cc(C(C)C)c(OC)cc2O)N1c1ccc(CN2CCCC2)cc1. The third-order valence-corrected chi connectivity index (χ3v) is 6.82. The molecule has 0 spiro atoms. The molecule has 1 unspecified atom stereocenters. The van der Waals surface area contributed by atoms with Gasteiger partial charge in [-0.05, 0) is 74.5 Å². The fourth-order valence-corrected chi connectivity index (χ4v) is 5.05. The molecular weight excluding hydrogens is 426 g/mol. The Bertz CT molecular complexity index is 1040. The van der Waals surface area contributed by atoms with E-state index < -0.39 is 0 Å². The van der Waals surface area contributed by atoms with Crippen LogP contribution in [0.15, 0.2) is 42.5 Å². The van der Waals surface area contributed by atoms with Crippen LogP contribution in [0.3, 0.4) is 0 Å². The zero-order valence-electron chi connectivity index (χ0n) is 20.8. The fraction of sp³-hybridized carbons (Fsp3) is 0.464. The molecule has 0 radical (unpaired) electrons. The van der Waals surface area contributed by atoms with E-state index in [1.807, 2.05) is 13.0 Å². The van der Waals surface area contributed by atoms with Crippen molar-refractivity contribution in [2.75, 3.05) is 31.6 Å². The van der Waals surface area contributed by atoms with Crippen LogP contribution in [0.1, 0.15) is 62.6 Å². The number of nitrogens with one attached hydrogen (secondary N) is 1. The van der Waals surface area contributed by atoms with Gasteiger partial charge in [-0.25, -0.2) is 0 Å². The summed E-state index contributed by atoms with van der Waals surface area (Å²) in [6.07, 6.45) is 5.19. The fourth-order valence-electron chi connectivity index (χ4n) is 5.05. The molecule has 2 aromatic carbocycles. The number of likely N-dealkylation sites (N-methyl/N-ethyl adjacent to an activating group) is 1. The van der Waals surface area contributed by atoms with Crippen molar-refractivity contribution in [3.8, 4) is 11.5 Å². The molecule has 182 valence electrons. The van der Waals surface area contributed by atoms with Gasteiger partial charge in [0, 0.05) is 36.1 Å². The maximum Gasteiger partial charge on any atom is 0.243 e. The smallest absolute Gasteiger partial charge is 0.243 e. The molecule has 0 aliphatic carbocycles. The number of rotatable bonds is 8. The minimum atomic E-state index is -0.358. The van der Waals surface area contributed by atoms with Gasteiger partial charge in [0.05, 0.1) is 7.11 Å². The standard InChI is InChI=1S/C28H37N3O3/c1-5-29-28(33)25-13-12-24(23-16-22(19(2)3)27(34-4)17-26(23)32)31(25)21-10-8-20(9-11-21)18-30-14-6-7-15-30/h8-12,16-17,19,25,32H,5-7,13-15,18H2,1-4H3,(H,29,33). The molecule has 1 fully saturated rings. The van der Waals surface area contributed by atoms with E-state index in [1.54, 1.807) is 13.2 Å². The van der Waals surface area contributed by atoms with Gasteiger partial charge in [-0.1, -0.05) is 32.1 Å². The van der Waals surface area contributed by atoms with E-state index in [0.29, 0.717) is 18.7 Å². The zero-order valence-corrected chi connectivity index (χ0v) is 20.8. The lowest BCUT2D eigenvalue weighted by Crippen LogP contribution is -2.43. The molecule has 2 N–H and O–H groups in total. The largest absolute Gasteiger partial charge is 0.507 e. The van der Waals surface area contributed by atoms with E-state index >= 15 is 0 Å². The molecule has 0 saturated carbocycles. The predicted octanol–water partition coefficient (Wildman–Crippen LogP) is 4.88. The molecule has 6 heteroatoms. The summed E-state index contributed by atoms with van der Waals surface area (Å²) < 4.78 is 5.51. The average Bonchev–Trinajstić information content (AvgIpc) is 3.49. The van der Waals surface area contributed by atoms with Crippen LogP contribution in [0.25, 0.3) is 5.70 Å². The summed E-state index contributed by atoms with van der Waals surface area (Å²) in [4.78, 5) is 17.5. The number of phenolic OH excluding ortho intramolecular Hbond substituents is 1. The Hall–Kier alpha value is -2.99. The monoisotopic (exact) mass is 463 g/mol. The number of hydrogen-bond donors (Lipinski definition) is 2. The molecule has 1 amide bonds. The molecule has 1 atom stereocenters. The number of likely N-dealkylation sites (tertiary alicyclic amines) is 1. The quantitative estimate of drug-likeness (QED) is 0.584. The van der Waals surface area contributed by atoms with Gasteiger partial charge in [0.2, 0.25) is 5.91 Å². The van der Waals surface area contributed by atoms with E-state index in [0.717, 1.165) is 42.1 Å². The van der Waals surface area contributed by atoms with Crippen LogP contribution in [0, 0.1) is 0 Å². The summed E-state index contributed by atoms with van der Waals surface area (Å²) >= 11 is 0. The summed E-state index contributed by atoms with van der Waals surface area (Å²) in [5.41, 5.74) is 4.83. The maximum absolute atomic E-state index is 13.0. The molecule has 2 aromatic rings. The summed E-state index contributed by atoms with van der Waals surface area (Å²) in [7, 11) is 1.62. The summed E-state index contributed by atoms with van der Waals surface area (Å²) in [5.74, 6) is 1.05. The molecule has 4 rings (SSSR count). The molecule has 0 aromatic heterocycles. The number of methoxy groups -OCH3 is 1. The highest BCUT2D eigenvalue weighted by atomic mass is 16.5. The molecule has 0 bridgehead atoms. The molecule has 2 aliphatic heterocycles. The van der Waals surface area contributed by atoms with Crippen LogP contribution in [0.4, 0.5) is 5.69 Å². The van der Waals surface area contributed by atoms with Gasteiger partial charge < -0.3 is 20.1 Å². The van der Waals surface area contributed by atoms with Crippen molar-refractivity contribution in [2.24, 2.45) is 0 Å². The van der Waals surface area contributed by atoms with Crippen molar-refractivity contribution >= 4 is 17.3 Å². The third kappa shape index (κ3) is 4.92. The van der Waals surface area contributed by atoms with Crippen molar-refractivity contribution in [2.45, 2.75) is 58.5 Å². The minimum absolute atomic E-state index is 0.00743. The third-order valence-electron chi connectivity index (χ3n) is 6.82. The molecule has 6 nitrogen and oxygen atoms in total. The molecular formula is C28H37N3O3. The first-order valence-electron chi connectivity index (χ1n) is 12.4. The number of phenols is 1. The summed E-state index contributed by atoms with van der Waals surface area (Å²) in [6.45, 7) is 10.0. The highest BCUT2D eigenvalue weighted by Crippen LogP contribution is 2.42. The van der Waals surface area contributed by atoms with Crippen molar-refractivity contribution in [3.63, 3.8) is 0 Å². The number of ether oxygens (including phenoxy) is 1. The summed E-state index contributed by atoms with van der Waals surface area (Å²) in [6, 6.07) is 11.8. The number of carbonyl (C=O) groups excluding carboxylic acids is 1. The Morgan fingerprint density at radius 3 is 2.50 bits per heavy atom. The first-order chi connectivity index (χ1) is 16.4. The van der Waals surface area contributed by atoms with Gasteiger partial charge in [0.15, 0.2) is 0 Å². The summed E-state index contributed by atoms with van der Waals surface area (Å²) in [5, 5.41) is 13.9. The Labute approximate surface area is 203 Å². The number of hydrogen-bond acceptors (Lipinski definition) is 5. The number of aromatic hydroxyl groups is 1. The van der Waals surface area contributed by atoms with Crippen LogP contribution < -0.4 is 15.0 Å². The van der Waals surface area contributed by atoms with Gasteiger partial charge in [-0.2, -0.15) is 0 Å². The van der Waals surface area contributed by atoms with E-state index in [9.17, 15) is 9.90 Å². The molecule has 34 heavy (non-hydrogen) atoms. The first-order valence-corrected chi connectivity index (χ1v) is 12.4. The van der Waals surface area contributed by atoms with Crippen molar-refractivity contribution in [1.29, 1.82) is 0 Å². The lowest BCUT2D eigenvalue weighted by atomic mass is 9.97. The van der Waals surface area contributed by atoms with Gasteiger partial charge in [-0.3, -0.25) is 9.69 Å². The lowest BCUT2D eigenvalue weighted by Gasteiger charge is -2.30. The van der Waals surface area contributed by atoms with Crippen molar-refractivity contribution < 1.29 is 14.6 Å². The van der Waals surface area contributed by atoms with Crippen molar-refractivity contribution in [1.82, 2.24) is 10.2 Å². The van der Waals surface area contributed by atoms with Gasteiger partial charge in [0.25, 0.3) is 0 Å². The number of amides is 1. The average molecular weight is 464 g/mol. The van der Waals surface area contributed by atoms with Crippen LogP contribution in [0.5, 0.6) is 11.5 Å². The second kappa shape index (κ2) is 10.5. The molecule has 1 saturated heterocycles. The predicted molar refractivity (Wildman–Crippen MR) is 137 cm³/mol. The second-order valence-corrected chi connectivity index (χ2v) is 9.52.